The minimum Gasteiger partial charge on any atom is -0.481 e. The van der Waals surface area contributed by atoms with Gasteiger partial charge in [0.15, 0.2) is 17.8 Å². The van der Waals surface area contributed by atoms with Crippen LogP contribution in [0.4, 0.5) is 0 Å². The maximum Gasteiger partial charge on any atom is 0.307 e. The van der Waals surface area contributed by atoms with Crippen LogP contribution in [0.25, 0.3) is 10.1 Å². The van der Waals surface area contributed by atoms with Crippen LogP contribution in [0.2, 0.25) is 0 Å². The first-order valence-electron chi connectivity index (χ1n) is 14.0. The topological polar surface area (TPSA) is 132 Å². The summed E-state index contributed by atoms with van der Waals surface area (Å²) in [6.45, 7) is 6.92. The SMILES string of the molecule is CCOC(CC(c1ccc2c(c1)OCO2)C(C)N(Cc1cc2ccccc2s1)C(=O)CC(CC(=O)O)C(=O)O)OCC. The van der Waals surface area contributed by atoms with Crippen LogP contribution in [-0.4, -0.2) is 65.3 Å². The van der Waals surface area contributed by atoms with Crippen molar-refractivity contribution in [2.75, 3.05) is 20.0 Å². The highest BCUT2D eigenvalue weighted by Gasteiger charge is 2.35. The Morgan fingerprint density at radius 3 is 2.36 bits per heavy atom. The molecule has 0 saturated carbocycles. The average molecular weight is 600 g/mol. The lowest BCUT2D eigenvalue weighted by Gasteiger charge is -2.37. The molecule has 0 saturated heterocycles. The van der Waals surface area contributed by atoms with E-state index in [2.05, 4.69) is 0 Å². The van der Waals surface area contributed by atoms with E-state index in [9.17, 15) is 24.6 Å². The highest BCUT2D eigenvalue weighted by atomic mass is 32.1. The summed E-state index contributed by atoms with van der Waals surface area (Å²) in [5.41, 5.74) is 0.880. The second-order valence-electron chi connectivity index (χ2n) is 10.1. The van der Waals surface area contributed by atoms with E-state index in [0.717, 1.165) is 20.5 Å². The molecular weight excluding hydrogens is 562 g/mol. The van der Waals surface area contributed by atoms with Crippen molar-refractivity contribution in [3.8, 4) is 11.5 Å². The number of fused-ring (bicyclic) bond motifs is 2. The van der Waals surface area contributed by atoms with Gasteiger partial charge in [-0.25, -0.2) is 0 Å². The van der Waals surface area contributed by atoms with Gasteiger partial charge in [-0.15, -0.1) is 11.3 Å². The Morgan fingerprint density at radius 2 is 1.69 bits per heavy atom. The molecule has 0 bridgehead atoms. The number of ether oxygens (including phenoxy) is 4. The minimum atomic E-state index is -1.35. The molecule has 2 heterocycles. The fourth-order valence-electron chi connectivity index (χ4n) is 5.26. The first-order valence-corrected chi connectivity index (χ1v) is 14.9. The summed E-state index contributed by atoms with van der Waals surface area (Å²) in [7, 11) is 0. The zero-order valence-corrected chi connectivity index (χ0v) is 24.8. The van der Waals surface area contributed by atoms with Crippen molar-refractivity contribution in [1.29, 1.82) is 0 Å². The molecule has 11 heteroatoms. The van der Waals surface area contributed by atoms with E-state index in [1.165, 1.54) is 0 Å². The smallest absolute Gasteiger partial charge is 0.307 e. The molecule has 0 fully saturated rings. The maximum absolute atomic E-state index is 13.9. The molecule has 10 nitrogen and oxygen atoms in total. The molecule has 1 aliphatic rings. The molecule has 4 rings (SSSR count). The van der Waals surface area contributed by atoms with Crippen molar-refractivity contribution in [3.05, 3.63) is 59.0 Å². The Balaban J connectivity index is 1.72. The number of carbonyl (C=O) groups excluding carboxylic acids is 1. The Morgan fingerprint density at radius 1 is 0.976 bits per heavy atom. The lowest BCUT2D eigenvalue weighted by Crippen LogP contribution is -2.43. The van der Waals surface area contributed by atoms with Crippen molar-refractivity contribution < 1.29 is 43.5 Å². The van der Waals surface area contributed by atoms with Crippen LogP contribution < -0.4 is 9.47 Å². The monoisotopic (exact) mass is 599 g/mol. The summed E-state index contributed by atoms with van der Waals surface area (Å²) in [6.07, 6.45) is -1.21. The summed E-state index contributed by atoms with van der Waals surface area (Å²) in [4.78, 5) is 39.8. The molecule has 0 radical (unpaired) electrons. The van der Waals surface area contributed by atoms with E-state index >= 15 is 0 Å². The van der Waals surface area contributed by atoms with E-state index in [4.69, 9.17) is 18.9 Å². The van der Waals surface area contributed by atoms with Gasteiger partial charge in [0.2, 0.25) is 12.7 Å². The van der Waals surface area contributed by atoms with Crippen molar-refractivity contribution in [3.63, 3.8) is 0 Å². The van der Waals surface area contributed by atoms with Gasteiger partial charge in [-0.3, -0.25) is 14.4 Å². The number of aliphatic carboxylic acids is 2. The van der Waals surface area contributed by atoms with E-state index in [1.807, 2.05) is 69.3 Å². The molecule has 226 valence electrons. The number of amides is 1. The number of carbonyl (C=O) groups is 3. The number of hydrogen-bond donors (Lipinski definition) is 2. The fraction of sp³-hybridized carbons (Fsp3) is 0.452. The van der Waals surface area contributed by atoms with E-state index in [-0.39, 0.29) is 19.3 Å². The number of carboxylic acids is 2. The molecule has 42 heavy (non-hydrogen) atoms. The lowest BCUT2D eigenvalue weighted by molar-refractivity contribution is -0.153. The van der Waals surface area contributed by atoms with Gasteiger partial charge in [0.05, 0.1) is 18.9 Å². The Kier molecular flexibility index (Phi) is 10.8. The highest BCUT2D eigenvalue weighted by Crippen LogP contribution is 2.39. The Hall–Kier alpha value is -3.67. The summed E-state index contributed by atoms with van der Waals surface area (Å²) in [5.74, 6) is -3.45. The van der Waals surface area contributed by atoms with Crippen molar-refractivity contribution in [2.24, 2.45) is 5.92 Å². The van der Waals surface area contributed by atoms with Crippen LogP contribution in [0.5, 0.6) is 11.5 Å². The van der Waals surface area contributed by atoms with Crippen LogP contribution in [-0.2, 0) is 30.4 Å². The van der Waals surface area contributed by atoms with Gasteiger partial charge in [0, 0.05) is 47.6 Å². The molecule has 3 atom stereocenters. The van der Waals surface area contributed by atoms with Crippen LogP contribution in [0.3, 0.4) is 0 Å². The molecule has 0 aliphatic carbocycles. The fourth-order valence-corrected chi connectivity index (χ4v) is 6.33. The first kappa shape index (κ1) is 31.3. The number of nitrogens with zero attached hydrogens (tertiary/aromatic N) is 1. The van der Waals surface area contributed by atoms with Crippen molar-refractivity contribution >= 4 is 39.3 Å². The third kappa shape index (κ3) is 7.78. The predicted molar refractivity (Wildman–Crippen MR) is 157 cm³/mol. The molecule has 3 aromatic rings. The van der Waals surface area contributed by atoms with Gasteiger partial charge in [0.1, 0.15) is 0 Å². The summed E-state index contributed by atoms with van der Waals surface area (Å²) in [6, 6.07) is 15.1. The van der Waals surface area contributed by atoms with Crippen LogP contribution >= 0.6 is 11.3 Å². The largest absolute Gasteiger partial charge is 0.481 e. The zero-order chi connectivity index (χ0) is 30.2. The van der Waals surface area contributed by atoms with Gasteiger partial charge in [-0.2, -0.15) is 0 Å². The molecule has 2 aromatic carbocycles. The normalized spacial score (nSPS) is 14.6. The van der Waals surface area contributed by atoms with Crippen LogP contribution in [0.1, 0.15) is 56.4 Å². The molecule has 0 spiro atoms. The molecule has 3 unspecified atom stereocenters. The third-order valence-electron chi connectivity index (χ3n) is 7.36. The molecule has 1 amide bonds. The number of benzene rings is 2. The molecule has 1 aliphatic heterocycles. The van der Waals surface area contributed by atoms with Gasteiger partial charge < -0.3 is 34.1 Å². The standard InChI is InChI=1S/C31H37NO9S/c1-4-38-30(39-5-2)16-24(20-10-11-25-26(13-20)41-18-40-25)19(3)32(28(33)14-22(31(36)37)15-29(34)35)17-23-12-21-8-6-7-9-27(21)42-23/h6-13,19,22,24,30H,4-5,14-18H2,1-3H3,(H,34,35)(H,36,37). The Labute approximate surface area is 248 Å². The third-order valence-corrected chi connectivity index (χ3v) is 8.47. The number of rotatable bonds is 16. The van der Waals surface area contributed by atoms with Gasteiger partial charge in [-0.05, 0) is 56.0 Å². The maximum atomic E-state index is 13.9. The predicted octanol–water partition coefficient (Wildman–Crippen LogP) is 5.49. The van der Waals surface area contributed by atoms with Gasteiger partial charge in [0.25, 0.3) is 0 Å². The van der Waals surface area contributed by atoms with Crippen LogP contribution in [0.15, 0.2) is 48.5 Å². The van der Waals surface area contributed by atoms with Crippen LogP contribution in [0, 0.1) is 5.92 Å². The second-order valence-corrected chi connectivity index (χ2v) is 11.3. The first-order chi connectivity index (χ1) is 20.2. The summed E-state index contributed by atoms with van der Waals surface area (Å²) < 4.78 is 24.0. The molecular formula is C31H37NO9S. The van der Waals surface area contributed by atoms with Crippen molar-refractivity contribution in [1.82, 2.24) is 4.90 Å². The number of thiophene rings is 1. The highest BCUT2D eigenvalue weighted by molar-refractivity contribution is 7.19. The number of carboxylic acid groups (broad SMARTS) is 2. The molecule has 2 N–H and O–H groups in total. The van der Waals surface area contributed by atoms with Gasteiger partial charge >= 0.3 is 11.9 Å². The zero-order valence-electron chi connectivity index (χ0n) is 24.0. The van der Waals surface area contributed by atoms with Crippen molar-refractivity contribution in [2.45, 2.75) is 64.8 Å². The summed E-state index contributed by atoms with van der Waals surface area (Å²) in [5, 5.41) is 20.0. The second kappa shape index (κ2) is 14.5. The van der Waals surface area contributed by atoms with E-state index < -0.39 is 48.9 Å². The van der Waals surface area contributed by atoms with E-state index in [0.29, 0.717) is 31.1 Å². The van der Waals surface area contributed by atoms with E-state index in [1.54, 1.807) is 16.2 Å². The quantitative estimate of drug-likeness (QED) is 0.205. The lowest BCUT2D eigenvalue weighted by atomic mass is 9.87. The number of hydrogen-bond acceptors (Lipinski definition) is 8. The average Bonchev–Trinajstić information content (AvgIpc) is 3.59. The molecule has 1 aromatic heterocycles. The Bertz CT molecular complexity index is 1350. The summed E-state index contributed by atoms with van der Waals surface area (Å²) >= 11 is 1.56. The van der Waals surface area contributed by atoms with Gasteiger partial charge in [-0.1, -0.05) is 24.3 Å². The minimum absolute atomic E-state index is 0.121.